The first-order valence-corrected chi connectivity index (χ1v) is 11.7. The van der Waals surface area contributed by atoms with Crippen LogP contribution < -0.4 is 6.15 Å². The summed E-state index contributed by atoms with van der Waals surface area (Å²) in [6.45, 7) is 5.67. The summed E-state index contributed by atoms with van der Waals surface area (Å²) in [5, 5.41) is 9.29. The van der Waals surface area contributed by atoms with Crippen molar-refractivity contribution in [2.75, 3.05) is 0 Å². The number of carbonyl (C=O) groups is 2. The smallest absolute Gasteiger partial charge is 0.325 e. The van der Waals surface area contributed by atoms with Crippen LogP contribution in [0.3, 0.4) is 0 Å². The molecule has 0 rings (SSSR count). The largest absolute Gasteiger partial charge is 0.480 e. The molecule has 4 N–H and O–H groups in total. The van der Waals surface area contributed by atoms with Crippen molar-refractivity contribution < 1.29 is 14.7 Å². The molecule has 0 aromatic rings. The van der Waals surface area contributed by atoms with Crippen molar-refractivity contribution in [2.24, 2.45) is 5.92 Å². The zero-order chi connectivity index (χ0) is 20.5. The fraction of sp³-hybridized carbons (Fsp3) is 0.913. The third kappa shape index (κ3) is 13.5. The van der Waals surface area contributed by atoms with E-state index in [0.717, 1.165) is 19.3 Å². The molecule has 0 aliphatic heterocycles. The Morgan fingerprint density at radius 3 is 1.54 bits per heavy atom. The Morgan fingerprint density at radius 1 is 0.786 bits per heavy atom. The second-order valence-electron chi connectivity index (χ2n) is 8.18. The SMILES string of the molecule is CCCCCCCCCCCCCCCC(=O)C(CCC)C(C)(Cl)C(=O)O.N. The number of ketones is 1. The molecular weight excluding hydrogens is 374 g/mol. The molecular formula is C23H46ClNO3. The summed E-state index contributed by atoms with van der Waals surface area (Å²) in [4.78, 5) is 22.3. The Labute approximate surface area is 178 Å². The van der Waals surface area contributed by atoms with E-state index >= 15 is 0 Å². The van der Waals surface area contributed by atoms with Gasteiger partial charge in [0.15, 0.2) is 0 Å². The highest BCUT2D eigenvalue weighted by molar-refractivity contribution is 6.35. The number of alkyl halides is 1. The minimum absolute atomic E-state index is 0. The molecule has 2 unspecified atom stereocenters. The van der Waals surface area contributed by atoms with E-state index in [-0.39, 0.29) is 11.9 Å². The highest BCUT2D eigenvalue weighted by Crippen LogP contribution is 2.31. The molecule has 0 saturated carbocycles. The van der Waals surface area contributed by atoms with Gasteiger partial charge in [0.1, 0.15) is 10.7 Å². The number of halogens is 1. The van der Waals surface area contributed by atoms with Crippen LogP contribution in [0.2, 0.25) is 0 Å². The van der Waals surface area contributed by atoms with Gasteiger partial charge in [-0.05, 0) is 19.8 Å². The molecule has 0 aliphatic rings. The van der Waals surface area contributed by atoms with Gasteiger partial charge in [-0.25, -0.2) is 0 Å². The first-order valence-electron chi connectivity index (χ1n) is 11.3. The van der Waals surface area contributed by atoms with Crippen molar-refractivity contribution in [3.8, 4) is 0 Å². The van der Waals surface area contributed by atoms with Gasteiger partial charge < -0.3 is 11.3 Å². The Balaban J connectivity index is 0. The molecule has 168 valence electrons. The number of carbonyl (C=O) groups excluding carboxylic acids is 1. The van der Waals surface area contributed by atoms with Gasteiger partial charge in [0.05, 0.1) is 0 Å². The van der Waals surface area contributed by atoms with Crippen LogP contribution in [0.25, 0.3) is 0 Å². The van der Waals surface area contributed by atoms with E-state index in [2.05, 4.69) is 6.92 Å². The van der Waals surface area contributed by atoms with Crippen LogP contribution >= 0.6 is 11.6 Å². The van der Waals surface area contributed by atoms with Crippen molar-refractivity contribution in [1.82, 2.24) is 6.15 Å². The molecule has 28 heavy (non-hydrogen) atoms. The van der Waals surface area contributed by atoms with Crippen LogP contribution in [0.1, 0.15) is 124 Å². The summed E-state index contributed by atoms with van der Waals surface area (Å²) in [6.07, 6.45) is 18.3. The van der Waals surface area contributed by atoms with Gasteiger partial charge in [0, 0.05) is 12.3 Å². The van der Waals surface area contributed by atoms with Gasteiger partial charge in [0.2, 0.25) is 0 Å². The van der Waals surface area contributed by atoms with E-state index in [1.165, 1.54) is 77.6 Å². The second-order valence-corrected chi connectivity index (χ2v) is 8.97. The number of aliphatic carboxylic acids is 1. The number of carboxylic acids is 1. The fourth-order valence-corrected chi connectivity index (χ4v) is 3.89. The molecule has 0 aliphatic carbocycles. The van der Waals surface area contributed by atoms with Crippen LogP contribution in [0.4, 0.5) is 0 Å². The summed E-state index contributed by atoms with van der Waals surface area (Å²) in [7, 11) is 0. The third-order valence-corrected chi connectivity index (χ3v) is 5.99. The van der Waals surface area contributed by atoms with Crippen molar-refractivity contribution in [2.45, 2.75) is 128 Å². The molecule has 4 nitrogen and oxygen atoms in total. The minimum Gasteiger partial charge on any atom is -0.480 e. The van der Waals surface area contributed by atoms with Crippen LogP contribution in [-0.4, -0.2) is 21.7 Å². The van der Waals surface area contributed by atoms with E-state index in [4.69, 9.17) is 11.6 Å². The van der Waals surface area contributed by atoms with Crippen molar-refractivity contribution in [1.29, 1.82) is 0 Å². The average Bonchev–Trinajstić information content (AvgIpc) is 2.63. The maximum atomic E-state index is 12.4. The lowest BCUT2D eigenvalue weighted by molar-refractivity contribution is -0.144. The second kappa shape index (κ2) is 18.4. The van der Waals surface area contributed by atoms with Crippen LogP contribution in [0.5, 0.6) is 0 Å². The zero-order valence-corrected chi connectivity index (χ0v) is 19.5. The van der Waals surface area contributed by atoms with Crippen LogP contribution in [-0.2, 0) is 9.59 Å². The molecule has 2 atom stereocenters. The van der Waals surface area contributed by atoms with Gasteiger partial charge in [-0.1, -0.05) is 97.3 Å². The van der Waals surface area contributed by atoms with E-state index in [0.29, 0.717) is 12.8 Å². The Morgan fingerprint density at radius 2 is 1.18 bits per heavy atom. The van der Waals surface area contributed by atoms with Gasteiger partial charge in [-0.2, -0.15) is 0 Å². The van der Waals surface area contributed by atoms with Crippen molar-refractivity contribution >= 4 is 23.4 Å². The lowest BCUT2D eigenvalue weighted by Crippen LogP contribution is -2.41. The van der Waals surface area contributed by atoms with E-state index in [9.17, 15) is 14.7 Å². The summed E-state index contributed by atoms with van der Waals surface area (Å²) in [5.41, 5.74) is 0. The van der Waals surface area contributed by atoms with Crippen molar-refractivity contribution in [3.05, 3.63) is 0 Å². The summed E-state index contributed by atoms with van der Waals surface area (Å²) in [5.74, 6) is -1.67. The number of hydrogen-bond acceptors (Lipinski definition) is 3. The first kappa shape index (κ1) is 29.6. The van der Waals surface area contributed by atoms with E-state index in [1.54, 1.807) is 0 Å². The van der Waals surface area contributed by atoms with E-state index < -0.39 is 16.8 Å². The Bertz CT molecular complexity index is 399. The number of hydrogen-bond donors (Lipinski definition) is 2. The molecule has 0 amide bonds. The highest BCUT2D eigenvalue weighted by atomic mass is 35.5. The maximum Gasteiger partial charge on any atom is 0.325 e. The number of unbranched alkanes of at least 4 members (excludes halogenated alkanes) is 12. The molecule has 0 aromatic carbocycles. The average molecular weight is 420 g/mol. The Kier molecular flexibility index (Phi) is 19.5. The topological polar surface area (TPSA) is 89.4 Å². The molecule has 0 fully saturated rings. The minimum atomic E-state index is -1.48. The lowest BCUT2D eigenvalue weighted by atomic mass is 9.83. The molecule has 0 heterocycles. The maximum absolute atomic E-state index is 12.4. The van der Waals surface area contributed by atoms with Gasteiger partial charge in [0.25, 0.3) is 0 Å². The Hall–Kier alpha value is -0.610. The molecule has 0 spiro atoms. The fourth-order valence-electron chi connectivity index (χ4n) is 3.66. The van der Waals surface area contributed by atoms with Gasteiger partial charge in [-0.15, -0.1) is 11.6 Å². The standard InChI is InChI=1S/C23H43ClO3.H3N/c1-4-6-7-8-9-10-11-12-13-14-15-16-17-19-21(25)20(18-5-2)23(3,24)22(26)27;/h20H,4-19H2,1-3H3,(H,26,27);1H3. The number of carboxylic acid groups (broad SMARTS) is 1. The van der Waals surface area contributed by atoms with Gasteiger partial charge in [-0.3, -0.25) is 9.59 Å². The molecule has 5 heteroatoms. The predicted octanol–water partition coefficient (Wildman–Crippen LogP) is 7.70. The van der Waals surface area contributed by atoms with Gasteiger partial charge >= 0.3 is 5.97 Å². The normalized spacial score (nSPS) is 14.1. The molecule has 0 radical (unpaired) electrons. The first-order chi connectivity index (χ1) is 12.9. The van der Waals surface area contributed by atoms with Crippen molar-refractivity contribution in [3.63, 3.8) is 0 Å². The third-order valence-electron chi connectivity index (χ3n) is 5.57. The summed E-state index contributed by atoms with van der Waals surface area (Å²) < 4.78 is 0. The van der Waals surface area contributed by atoms with Crippen LogP contribution in [0, 0.1) is 5.92 Å². The summed E-state index contributed by atoms with van der Waals surface area (Å²) in [6, 6.07) is 0. The highest BCUT2D eigenvalue weighted by Gasteiger charge is 2.42. The predicted molar refractivity (Wildman–Crippen MR) is 121 cm³/mol. The quantitative estimate of drug-likeness (QED) is 0.166. The molecule has 0 bridgehead atoms. The molecule has 0 saturated heterocycles. The molecule has 0 aromatic heterocycles. The zero-order valence-electron chi connectivity index (χ0n) is 18.7. The number of Topliss-reactive ketones (excluding diaryl/α,β-unsaturated/α-hetero) is 1. The summed E-state index contributed by atoms with van der Waals surface area (Å²) >= 11 is 6.15. The number of rotatable bonds is 19. The van der Waals surface area contributed by atoms with E-state index in [1.807, 2.05) is 6.92 Å². The van der Waals surface area contributed by atoms with Crippen LogP contribution in [0.15, 0.2) is 0 Å². The monoisotopic (exact) mass is 419 g/mol. The lowest BCUT2D eigenvalue weighted by Gasteiger charge is -2.26.